The molecule has 2 N–H and O–H groups in total. The third kappa shape index (κ3) is 2.32. The number of rotatable bonds is 3. The number of carboxylic acid groups (broad SMARTS) is 1. The van der Waals surface area contributed by atoms with Crippen LogP contribution in [-0.4, -0.2) is 26.0 Å². The van der Waals surface area contributed by atoms with Crippen molar-refractivity contribution < 1.29 is 15.0 Å². The standard InChI is InChI=1S/C15H14N2O3S/c1-15(2,20)13-11-4-3-9(14(18)19)7-12(11)17(16-13)10-5-6-21-8-10/h3-8,20H,1-2H3,(H,18,19). The van der Waals surface area contributed by atoms with E-state index in [0.29, 0.717) is 11.2 Å². The number of aliphatic hydroxyl groups is 1. The molecule has 0 saturated heterocycles. The molecule has 1 aromatic carbocycles. The van der Waals surface area contributed by atoms with Gasteiger partial charge < -0.3 is 10.2 Å². The summed E-state index contributed by atoms with van der Waals surface area (Å²) in [5, 5.41) is 28.5. The molecule has 3 aromatic rings. The highest BCUT2D eigenvalue weighted by atomic mass is 32.1. The number of carbonyl (C=O) groups is 1. The molecule has 0 spiro atoms. The van der Waals surface area contributed by atoms with E-state index in [1.807, 2.05) is 16.8 Å². The van der Waals surface area contributed by atoms with Gasteiger partial charge in [-0.15, -0.1) is 0 Å². The summed E-state index contributed by atoms with van der Waals surface area (Å²) in [4.78, 5) is 11.2. The predicted molar refractivity (Wildman–Crippen MR) is 81.2 cm³/mol. The van der Waals surface area contributed by atoms with E-state index in [2.05, 4.69) is 5.10 Å². The lowest BCUT2D eigenvalue weighted by atomic mass is 10.0. The van der Waals surface area contributed by atoms with Crippen LogP contribution in [-0.2, 0) is 5.60 Å². The first-order valence-corrected chi connectivity index (χ1v) is 7.34. The Morgan fingerprint density at radius 3 is 2.67 bits per heavy atom. The van der Waals surface area contributed by atoms with Gasteiger partial charge in [-0.25, -0.2) is 9.48 Å². The van der Waals surface area contributed by atoms with Gasteiger partial charge in [-0.1, -0.05) is 0 Å². The van der Waals surface area contributed by atoms with Crippen molar-refractivity contribution in [3.05, 3.63) is 46.3 Å². The quantitative estimate of drug-likeness (QED) is 0.780. The fourth-order valence-corrected chi connectivity index (χ4v) is 2.89. The minimum absolute atomic E-state index is 0.196. The molecule has 0 radical (unpaired) electrons. The van der Waals surface area contributed by atoms with Crippen LogP contribution in [0.1, 0.15) is 29.9 Å². The van der Waals surface area contributed by atoms with Crippen LogP contribution in [0, 0.1) is 0 Å². The number of nitrogens with zero attached hydrogens (tertiary/aromatic N) is 2. The zero-order valence-electron chi connectivity index (χ0n) is 11.6. The lowest BCUT2D eigenvalue weighted by Crippen LogP contribution is -2.17. The van der Waals surface area contributed by atoms with Crippen LogP contribution in [0.4, 0.5) is 0 Å². The summed E-state index contributed by atoms with van der Waals surface area (Å²) in [6, 6.07) is 6.71. The Kier molecular flexibility index (Phi) is 3.07. The zero-order chi connectivity index (χ0) is 15.2. The maximum absolute atomic E-state index is 11.2. The molecule has 2 aromatic heterocycles. The monoisotopic (exact) mass is 302 g/mol. The van der Waals surface area contributed by atoms with Crippen molar-refractivity contribution in [2.45, 2.75) is 19.4 Å². The number of aromatic carboxylic acids is 1. The van der Waals surface area contributed by atoms with E-state index in [-0.39, 0.29) is 5.56 Å². The molecule has 0 aliphatic heterocycles. The average Bonchev–Trinajstić information content (AvgIpc) is 3.03. The van der Waals surface area contributed by atoms with E-state index in [1.165, 1.54) is 17.4 Å². The van der Waals surface area contributed by atoms with E-state index < -0.39 is 11.6 Å². The number of hydrogen-bond donors (Lipinski definition) is 2. The molecule has 0 fully saturated rings. The third-order valence-corrected chi connectivity index (χ3v) is 3.93. The lowest BCUT2D eigenvalue weighted by Gasteiger charge is -2.14. The number of aromatic nitrogens is 2. The van der Waals surface area contributed by atoms with Gasteiger partial charge in [0, 0.05) is 10.8 Å². The van der Waals surface area contributed by atoms with Gasteiger partial charge in [0.2, 0.25) is 0 Å². The van der Waals surface area contributed by atoms with Crippen LogP contribution < -0.4 is 0 Å². The topological polar surface area (TPSA) is 75.4 Å². The number of benzene rings is 1. The first kappa shape index (κ1) is 13.8. The van der Waals surface area contributed by atoms with Gasteiger partial charge >= 0.3 is 5.97 Å². The Hall–Kier alpha value is -2.18. The highest BCUT2D eigenvalue weighted by molar-refractivity contribution is 7.08. The van der Waals surface area contributed by atoms with Gasteiger partial charge in [0.25, 0.3) is 0 Å². The normalized spacial score (nSPS) is 12.0. The summed E-state index contributed by atoms with van der Waals surface area (Å²) >= 11 is 1.53. The van der Waals surface area contributed by atoms with Crippen LogP contribution in [0.15, 0.2) is 35.0 Å². The van der Waals surface area contributed by atoms with E-state index in [9.17, 15) is 9.90 Å². The highest BCUT2D eigenvalue weighted by Gasteiger charge is 2.25. The van der Waals surface area contributed by atoms with Crippen molar-refractivity contribution >= 4 is 28.2 Å². The minimum Gasteiger partial charge on any atom is -0.478 e. The summed E-state index contributed by atoms with van der Waals surface area (Å²) in [5.74, 6) is -0.986. The van der Waals surface area contributed by atoms with Crippen molar-refractivity contribution in [1.29, 1.82) is 0 Å². The van der Waals surface area contributed by atoms with Crippen molar-refractivity contribution in [3.8, 4) is 5.69 Å². The molecule has 108 valence electrons. The number of thiophene rings is 1. The van der Waals surface area contributed by atoms with Crippen molar-refractivity contribution in [3.63, 3.8) is 0 Å². The molecule has 5 nitrogen and oxygen atoms in total. The second kappa shape index (κ2) is 4.68. The fourth-order valence-electron chi connectivity index (χ4n) is 2.27. The minimum atomic E-state index is -1.11. The Morgan fingerprint density at radius 1 is 1.33 bits per heavy atom. The Balaban J connectivity index is 2.35. The maximum Gasteiger partial charge on any atom is 0.335 e. The molecule has 0 atom stereocenters. The molecule has 0 aliphatic carbocycles. The number of hydrogen-bond acceptors (Lipinski definition) is 4. The molecule has 0 saturated carbocycles. The molecule has 6 heteroatoms. The van der Waals surface area contributed by atoms with Crippen LogP contribution in [0.5, 0.6) is 0 Å². The maximum atomic E-state index is 11.2. The summed E-state index contributed by atoms with van der Waals surface area (Å²) in [6.45, 7) is 3.33. The van der Waals surface area contributed by atoms with Gasteiger partial charge in [-0.2, -0.15) is 16.4 Å². The number of carboxylic acids is 1. The molecule has 0 bridgehead atoms. The summed E-state index contributed by atoms with van der Waals surface area (Å²) in [7, 11) is 0. The van der Waals surface area contributed by atoms with Crippen molar-refractivity contribution in [2.75, 3.05) is 0 Å². The van der Waals surface area contributed by atoms with E-state index in [1.54, 1.807) is 30.7 Å². The van der Waals surface area contributed by atoms with Gasteiger partial charge in [0.15, 0.2) is 0 Å². The Morgan fingerprint density at radius 2 is 2.10 bits per heavy atom. The lowest BCUT2D eigenvalue weighted by molar-refractivity contribution is 0.0696. The Bertz CT molecular complexity index is 813. The molecular formula is C15H14N2O3S. The first-order valence-electron chi connectivity index (χ1n) is 6.39. The summed E-state index contributed by atoms with van der Waals surface area (Å²) in [5.41, 5.74) is 1.14. The van der Waals surface area contributed by atoms with Crippen LogP contribution in [0.3, 0.4) is 0 Å². The molecular weight excluding hydrogens is 288 g/mol. The molecule has 21 heavy (non-hydrogen) atoms. The predicted octanol–water partition coefficient (Wildman–Crippen LogP) is 3.01. The summed E-state index contributed by atoms with van der Waals surface area (Å²) in [6.07, 6.45) is 0. The largest absolute Gasteiger partial charge is 0.478 e. The smallest absolute Gasteiger partial charge is 0.335 e. The van der Waals surface area contributed by atoms with Crippen LogP contribution in [0.2, 0.25) is 0 Å². The summed E-state index contributed by atoms with van der Waals surface area (Å²) < 4.78 is 1.67. The first-order chi connectivity index (χ1) is 9.88. The van der Waals surface area contributed by atoms with E-state index in [0.717, 1.165) is 11.1 Å². The molecule has 0 unspecified atom stereocenters. The average molecular weight is 302 g/mol. The van der Waals surface area contributed by atoms with Crippen molar-refractivity contribution in [2.24, 2.45) is 0 Å². The third-order valence-electron chi connectivity index (χ3n) is 3.26. The number of fused-ring (bicyclic) bond motifs is 1. The van der Waals surface area contributed by atoms with E-state index in [4.69, 9.17) is 5.11 Å². The van der Waals surface area contributed by atoms with Gasteiger partial charge in [0.1, 0.15) is 11.3 Å². The second-order valence-electron chi connectivity index (χ2n) is 5.34. The van der Waals surface area contributed by atoms with Crippen LogP contribution >= 0.6 is 11.3 Å². The highest BCUT2D eigenvalue weighted by Crippen LogP contribution is 2.30. The molecule has 3 rings (SSSR count). The zero-order valence-corrected chi connectivity index (χ0v) is 12.4. The van der Waals surface area contributed by atoms with Crippen LogP contribution in [0.25, 0.3) is 16.6 Å². The second-order valence-corrected chi connectivity index (χ2v) is 6.12. The fraction of sp³-hybridized carbons (Fsp3) is 0.200. The molecule has 2 heterocycles. The van der Waals surface area contributed by atoms with Gasteiger partial charge in [-0.05, 0) is 43.5 Å². The van der Waals surface area contributed by atoms with E-state index >= 15 is 0 Å². The van der Waals surface area contributed by atoms with Gasteiger partial charge in [0.05, 0.1) is 16.8 Å². The van der Waals surface area contributed by atoms with Gasteiger partial charge in [-0.3, -0.25) is 0 Å². The molecule has 0 aliphatic rings. The SMILES string of the molecule is CC(C)(O)c1nn(-c2ccsc2)c2cc(C(=O)O)ccc12. The van der Waals surface area contributed by atoms with Crippen molar-refractivity contribution in [1.82, 2.24) is 9.78 Å². The molecule has 0 amide bonds. The Labute approximate surface area is 125 Å².